The van der Waals surface area contributed by atoms with Crippen LogP contribution in [0.5, 0.6) is 17.2 Å². The number of hydrogen-bond donors (Lipinski definition) is 0. The van der Waals surface area contributed by atoms with Gasteiger partial charge in [0, 0.05) is 12.5 Å². The third-order valence-electron chi connectivity index (χ3n) is 6.31. The van der Waals surface area contributed by atoms with Crippen LogP contribution >= 0.6 is 0 Å². The number of ether oxygens (including phenoxy) is 3. The van der Waals surface area contributed by atoms with Gasteiger partial charge in [-0.25, -0.2) is 0 Å². The molecule has 1 aromatic heterocycles. The van der Waals surface area contributed by atoms with Crippen LogP contribution in [-0.4, -0.2) is 13.2 Å². The van der Waals surface area contributed by atoms with Crippen molar-refractivity contribution < 1.29 is 18.6 Å². The van der Waals surface area contributed by atoms with Crippen LogP contribution in [0, 0.1) is 13.8 Å². The number of fused-ring (bicyclic) bond motifs is 2. The average molecular weight is 457 g/mol. The van der Waals surface area contributed by atoms with Crippen LogP contribution in [0.2, 0.25) is 0 Å². The molecular weight excluding hydrogens is 428 g/mol. The van der Waals surface area contributed by atoms with Gasteiger partial charge in [-0.3, -0.25) is 4.79 Å². The van der Waals surface area contributed by atoms with E-state index in [4.69, 9.17) is 18.6 Å². The minimum Gasteiger partial charge on any atom is -0.490 e. The third-order valence-corrected chi connectivity index (χ3v) is 6.31. The summed E-state index contributed by atoms with van der Waals surface area (Å²) in [7, 11) is 0. The Morgan fingerprint density at radius 2 is 1.71 bits per heavy atom. The van der Waals surface area contributed by atoms with Gasteiger partial charge < -0.3 is 18.6 Å². The van der Waals surface area contributed by atoms with Gasteiger partial charge in [-0.2, -0.15) is 0 Å². The largest absolute Gasteiger partial charge is 0.490 e. The molecule has 0 aliphatic carbocycles. The maximum absolute atomic E-state index is 13.6. The molecule has 0 fully saturated rings. The molecule has 5 nitrogen and oxygen atoms in total. The minimum absolute atomic E-state index is 0.0617. The fraction of sp³-hybridized carbons (Fsp3) is 0.276. The van der Waals surface area contributed by atoms with E-state index < -0.39 is 0 Å². The van der Waals surface area contributed by atoms with Crippen LogP contribution in [0.15, 0.2) is 63.8 Å². The Balaban J connectivity index is 1.55. The van der Waals surface area contributed by atoms with Crippen molar-refractivity contribution in [3.8, 4) is 28.4 Å². The summed E-state index contributed by atoms with van der Waals surface area (Å²) in [5, 5.41) is 0.549. The highest BCUT2D eigenvalue weighted by Gasteiger charge is 2.19. The van der Waals surface area contributed by atoms with Crippen molar-refractivity contribution in [3.63, 3.8) is 0 Å². The summed E-state index contributed by atoms with van der Waals surface area (Å²) in [4.78, 5) is 13.6. The van der Waals surface area contributed by atoms with Crippen molar-refractivity contribution in [2.24, 2.45) is 0 Å². The second-order valence-corrected chi connectivity index (χ2v) is 8.60. The Kier molecular flexibility index (Phi) is 6.01. The van der Waals surface area contributed by atoms with Crippen LogP contribution < -0.4 is 19.6 Å². The summed E-state index contributed by atoms with van der Waals surface area (Å²) in [5.74, 6) is 2.65. The van der Waals surface area contributed by atoms with Gasteiger partial charge in [0.2, 0.25) is 5.43 Å². The van der Waals surface area contributed by atoms with Gasteiger partial charge in [0.05, 0.1) is 24.2 Å². The van der Waals surface area contributed by atoms with Crippen LogP contribution in [0.3, 0.4) is 0 Å². The molecule has 1 aliphatic rings. The molecule has 1 aliphatic heterocycles. The summed E-state index contributed by atoms with van der Waals surface area (Å²) < 4.78 is 23.9. The minimum atomic E-state index is -0.0617. The molecule has 0 amide bonds. The molecule has 5 rings (SSSR count). The van der Waals surface area contributed by atoms with Crippen molar-refractivity contribution in [2.75, 3.05) is 13.2 Å². The van der Waals surface area contributed by atoms with Gasteiger partial charge in [0.1, 0.15) is 23.7 Å². The lowest BCUT2D eigenvalue weighted by Crippen LogP contribution is -2.09. The Labute approximate surface area is 198 Å². The van der Waals surface area contributed by atoms with Crippen molar-refractivity contribution in [1.29, 1.82) is 0 Å². The quantitative estimate of drug-likeness (QED) is 0.349. The molecule has 0 N–H and O–H groups in total. The molecule has 3 aromatic carbocycles. The van der Waals surface area contributed by atoms with Gasteiger partial charge in [-0.05, 0) is 60.7 Å². The van der Waals surface area contributed by atoms with Crippen molar-refractivity contribution >= 4 is 11.0 Å². The Morgan fingerprint density at radius 3 is 2.50 bits per heavy atom. The number of benzene rings is 3. The van der Waals surface area contributed by atoms with E-state index in [-0.39, 0.29) is 5.43 Å². The number of aryl methyl sites for hydroxylation is 3. The summed E-state index contributed by atoms with van der Waals surface area (Å²) in [5.41, 5.74) is 5.05. The summed E-state index contributed by atoms with van der Waals surface area (Å²) in [6.07, 6.45) is 1.57. The van der Waals surface area contributed by atoms with E-state index in [1.807, 2.05) is 49.4 Å². The summed E-state index contributed by atoms with van der Waals surface area (Å²) in [6.45, 7) is 7.63. The van der Waals surface area contributed by atoms with E-state index in [1.54, 1.807) is 0 Å². The predicted octanol–water partition coefficient (Wildman–Crippen LogP) is 6.38. The van der Waals surface area contributed by atoms with E-state index in [9.17, 15) is 4.79 Å². The molecule has 2 heterocycles. The first-order chi connectivity index (χ1) is 16.5. The standard InChI is InChI=1S/C29H28O5/c1-4-20-14-23-26(16-25(20)33-17-22-9-6-5-8-18(22)2)34-19(3)28(29(23)30)21-10-11-24-27(15-21)32-13-7-12-31-24/h5-6,8-11,14-16H,4,7,12-13,17H2,1-3H3. The van der Waals surface area contributed by atoms with E-state index in [2.05, 4.69) is 26.0 Å². The molecule has 0 bridgehead atoms. The van der Waals surface area contributed by atoms with Gasteiger partial charge in [-0.1, -0.05) is 37.3 Å². The highest BCUT2D eigenvalue weighted by Crippen LogP contribution is 2.36. The molecule has 5 heteroatoms. The lowest BCUT2D eigenvalue weighted by Gasteiger charge is -2.14. The average Bonchev–Trinajstić information content (AvgIpc) is 3.08. The zero-order chi connectivity index (χ0) is 23.7. The van der Waals surface area contributed by atoms with Gasteiger partial charge >= 0.3 is 0 Å². The van der Waals surface area contributed by atoms with Crippen molar-refractivity contribution in [1.82, 2.24) is 0 Å². The lowest BCUT2D eigenvalue weighted by atomic mass is 10.0. The van der Waals surface area contributed by atoms with E-state index in [0.717, 1.165) is 35.3 Å². The van der Waals surface area contributed by atoms with E-state index in [1.165, 1.54) is 5.56 Å². The first-order valence-electron chi connectivity index (χ1n) is 11.7. The summed E-state index contributed by atoms with van der Waals surface area (Å²) in [6, 6.07) is 17.5. The highest BCUT2D eigenvalue weighted by molar-refractivity contribution is 5.85. The molecule has 0 spiro atoms. The van der Waals surface area contributed by atoms with Gasteiger partial charge in [0.25, 0.3) is 0 Å². The molecule has 4 aromatic rings. The Bertz CT molecular complexity index is 1420. The first kappa shape index (κ1) is 22.1. The molecule has 0 saturated heterocycles. The summed E-state index contributed by atoms with van der Waals surface area (Å²) >= 11 is 0. The predicted molar refractivity (Wildman–Crippen MR) is 133 cm³/mol. The normalized spacial score (nSPS) is 13.0. The molecule has 34 heavy (non-hydrogen) atoms. The molecule has 174 valence electrons. The smallest absolute Gasteiger partial charge is 0.200 e. The Hall–Kier alpha value is -3.73. The number of rotatable bonds is 5. The fourth-order valence-electron chi connectivity index (χ4n) is 4.37. The SMILES string of the molecule is CCc1cc2c(=O)c(-c3ccc4c(c3)OCCCO4)c(C)oc2cc1OCc1ccccc1C. The van der Waals surface area contributed by atoms with Crippen LogP contribution in [0.25, 0.3) is 22.1 Å². The maximum atomic E-state index is 13.6. The zero-order valence-electron chi connectivity index (χ0n) is 19.8. The highest BCUT2D eigenvalue weighted by atomic mass is 16.5. The monoisotopic (exact) mass is 456 g/mol. The van der Waals surface area contributed by atoms with E-state index >= 15 is 0 Å². The lowest BCUT2D eigenvalue weighted by molar-refractivity contribution is 0.297. The van der Waals surface area contributed by atoms with Crippen LogP contribution in [0.1, 0.15) is 35.8 Å². The van der Waals surface area contributed by atoms with Crippen LogP contribution in [-0.2, 0) is 13.0 Å². The second-order valence-electron chi connectivity index (χ2n) is 8.60. The van der Waals surface area contributed by atoms with Crippen molar-refractivity contribution in [3.05, 3.63) is 87.3 Å². The molecular formula is C29H28O5. The molecule has 0 saturated carbocycles. The van der Waals surface area contributed by atoms with Gasteiger partial charge in [-0.15, -0.1) is 0 Å². The zero-order valence-corrected chi connectivity index (χ0v) is 19.8. The molecule has 0 atom stereocenters. The van der Waals surface area contributed by atoms with E-state index in [0.29, 0.717) is 53.6 Å². The first-order valence-corrected chi connectivity index (χ1v) is 11.7. The van der Waals surface area contributed by atoms with Gasteiger partial charge in [0.15, 0.2) is 11.5 Å². The van der Waals surface area contributed by atoms with Crippen LogP contribution in [0.4, 0.5) is 0 Å². The Morgan fingerprint density at radius 1 is 0.912 bits per heavy atom. The number of hydrogen-bond acceptors (Lipinski definition) is 5. The topological polar surface area (TPSA) is 57.9 Å². The molecule has 0 radical (unpaired) electrons. The fourth-order valence-corrected chi connectivity index (χ4v) is 4.37. The third kappa shape index (κ3) is 4.14. The molecule has 0 unspecified atom stereocenters. The maximum Gasteiger partial charge on any atom is 0.200 e. The van der Waals surface area contributed by atoms with Crippen molar-refractivity contribution in [2.45, 2.75) is 40.2 Å². The second kappa shape index (κ2) is 9.26.